The van der Waals surface area contributed by atoms with Crippen LogP contribution in [0.1, 0.15) is 50.3 Å². The van der Waals surface area contributed by atoms with Crippen LogP contribution in [0.3, 0.4) is 0 Å². The highest BCUT2D eigenvalue weighted by atomic mass is 16.3. The van der Waals surface area contributed by atoms with Gasteiger partial charge in [-0.2, -0.15) is 0 Å². The number of aromatic hydroxyl groups is 2. The molecule has 2 heteroatoms. The molecule has 0 aliphatic heterocycles. The van der Waals surface area contributed by atoms with E-state index in [1.807, 2.05) is 18.2 Å². The molecule has 0 fully saturated rings. The predicted octanol–water partition coefficient (Wildman–Crippen LogP) is 4.55. The van der Waals surface area contributed by atoms with Gasteiger partial charge in [0.15, 0.2) is 11.5 Å². The molecular weight excluding hydrogens is 248 g/mol. The Morgan fingerprint density at radius 3 is 2.10 bits per heavy atom. The Bertz CT molecular complexity index is 613. The van der Waals surface area contributed by atoms with Gasteiger partial charge in [0.05, 0.1) is 0 Å². The number of hydrogen-bond donors (Lipinski definition) is 2. The summed E-state index contributed by atoms with van der Waals surface area (Å²) in [5.41, 5.74) is 2.81. The minimum Gasteiger partial charge on any atom is -0.504 e. The molecule has 0 aliphatic carbocycles. The zero-order chi connectivity index (χ0) is 14.9. The van der Waals surface area contributed by atoms with Gasteiger partial charge in [0, 0.05) is 11.0 Å². The van der Waals surface area contributed by atoms with Crippen LogP contribution in [-0.4, -0.2) is 10.2 Å². The molecule has 2 aromatic carbocycles. The van der Waals surface area contributed by atoms with E-state index in [-0.39, 0.29) is 16.9 Å². The van der Waals surface area contributed by atoms with Crippen molar-refractivity contribution in [3.8, 4) is 11.5 Å². The Morgan fingerprint density at radius 2 is 1.45 bits per heavy atom. The number of para-hydroxylation sites is 1. The summed E-state index contributed by atoms with van der Waals surface area (Å²) in [7, 11) is 0. The maximum Gasteiger partial charge on any atom is 0.161 e. The molecule has 0 spiro atoms. The Hall–Kier alpha value is -1.96. The standard InChI is InChI=1S/C18H22O2/c1-12(2)13-8-5-6-9-14(13)18(3,4)15-10-7-11-16(19)17(15)20/h5-12,19-20H,1-4H3. The molecule has 0 aromatic heterocycles. The second kappa shape index (κ2) is 5.20. The van der Waals surface area contributed by atoms with Gasteiger partial charge in [0.1, 0.15) is 0 Å². The van der Waals surface area contributed by atoms with Crippen LogP contribution >= 0.6 is 0 Å². The van der Waals surface area contributed by atoms with Crippen molar-refractivity contribution in [2.45, 2.75) is 39.0 Å². The van der Waals surface area contributed by atoms with Crippen molar-refractivity contribution in [3.63, 3.8) is 0 Å². The van der Waals surface area contributed by atoms with Crippen LogP contribution < -0.4 is 0 Å². The Morgan fingerprint density at radius 1 is 0.850 bits per heavy atom. The van der Waals surface area contributed by atoms with E-state index in [2.05, 4.69) is 39.8 Å². The van der Waals surface area contributed by atoms with Gasteiger partial charge in [-0.05, 0) is 23.1 Å². The molecule has 2 nitrogen and oxygen atoms in total. The maximum absolute atomic E-state index is 10.2. The lowest BCUT2D eigenvalue weighted by molar-refractivity contribution is 0.391. The van der Waals surface area contributed by atoms with Gasteiger partial charge in [-0.15, -0.1) is 0 Å². The first-order valence-corrected chi connectivity index (χ1v) is 6.96. The van der Waals surface area contributed by atoms with E-state index < -0.39 is 0 Å². The van der Waals surface area contributed by atoms with E-state index in [1.54, 1.807) is 6.07 Å². The van der Waals surface area contributed by atoms with E-state index >= 15 is 0 Å². The van der Waals surface area contributed by atoms with E-state index in [1.165, 1.54) is 17.2 Å². The van der Waals surface area contributed by atoms with Gasteiger partial charge < -0.3 is 10.2 Å². The lowest BCUT2D eigenvalue weighted by Crippen LogP contribution is -2.21. The molecule has 20 heavy (non-hydrogen) atoms. The summed E-state index contributed by atoms with van der Waals surface area (Å²) in [4.78, 5) is 0. The molecule has 2 N–H and O–H groups in total. The second-order valence-electron chi connectivity index (χ2n) is 6.04. The lowest BCUT2D eigenvalue weighted by atomic mass is 9.74. The smallest absolute Gasteiger partial charge is 0.161 e. The van der Waals surface area contributed by atoms with Crippen molar-refractivity contribution in [1.29, 1.82) is 0 Å². The van der Waals surface area contributed by atoms with Gasteiger partial charge in [0.2, 0.25) is 0 Å². The van der Waals surface area contributed by atoms with E-state index in [0.29, 0.717) is 5.92 Å². The summed E-state index contributed by atoms with van der Waals surface area (Å²) >= 11 is 0. The summed E-state index contributed by atoms with van der Waals surface area (Å²) in [6, 6.07) is 13.4. The van der Waals surface area contributed by atoms with Crippen LogP contribution in [0.15, 0.2) is 42.5 Å². The highest BCUT2D eigenvalue weighted by Gasteiger charge is 2.29. The Balaban J connectivity index is 2.64. The van der Waals surface area contributed by atoms with Crippen LogP contribution in [0.4, 0.5) is 0 Å². The van der Waals surface area contributed by atoms with Crippen molar-refractivity contribution in [3.05, 3.63) is 59.2 Å². The van der Waals surface area contributed by atoms with Crippen LogP contribution in [0.5, 0.6) is 11.5 Å². The maximum atomic E-state index is 10.2. The Kier molecular flexibility index (Phi) is 3.76. The second-order valence-corrected chi connectivity index (χ2v) is 6.04. The van der Waals surface area contributed by atoms with Gasteiger partial charge in [0.25, 0.3) is 0 Å². The minimum atomic E-state index is -0.371. The van der Waals surface area contributed by atoms with Crippen molar-refractivity contribution in [1.82, 2.24) is 0 Å². The van der Waals surface area contributed by atoms with Crippen LogP contribution in [0.25, 0.3) is 0 Å². The summed E-state index contributed by atoms with van der Waals surface area (Å²) in [6.45, 7) is 8.47. The van der Waals surface area contributed by atoms with E-state index in [9.17, 15) is 10.2 Å². The third-order valence-corrected chi connectivity index (χ3v) is 3.94. The normalized spacial score (nSPS) is 11.8. The molecule has 0 bridgehead atoms. The summed E-state index contributed by atoms with van der Waals surface area (Å²) in [5, 5.41) is 19.9. The van der Waals surface area contributed by atoms with Gasteiger partial charge in [-0.1, -0.05) is 64.1 Å². The van der Waals surface area contributed by atoms with Crippen molar-refractivity contribution in [2.75, 3.05) is 0 Å². The molecule has 0 saturated heterocycles. The molecule has 0 unspecified atom stereocenters. The molecule has 0 aliphatic rings. The van der Waals surface area contributed by atoms with Gasteiger partial charge >= 0.3 is 0 Å². The lowest BCUT2D eigenvalue weighted by Gasteiger charge is -2.30. The summed E-state index contributed by atoms with van der Waals surface area (Å²) in [6.07, 6.45) is 0. The molecule has 0 heterocycles. The Labute approximate surface area is 120 Å². The molecular formula is C18H22O2. The number of rotatable bonds is 3. The highest BCUT2D eigenvalue weighted by Crippen LogP contribution is 2.42. The van der Waals surface area contributed by atoms with Crippen LogP contribution in [0, 0.1) is 0 Å². The quantitative estimate of drug-likeness (QED) is 0.803. The number of benzene rings is 2. The molecule has 0 atom stereocenters. The van der Waals surface area contributed by atoms with Crippen molar-refractivity contribution in [2.24, 2.45) is 0 Å². The van der Waals surface area contributed by atoms with Crippen LogP contribution in [0.2, 0.25) is 0 Å². The predicted molar refractivity (Wildman–Crippen MR) is 82.4 cm³/mol. The SMILES string of the molecule is CC(C)c1ccccc1C(C)(C)c1cccc(O)c1O. The van der Waals surface area contributed by atoms with Gasteiger partial charge in [-0.3, -0.25) is 0 Å². The molecule has 0 saturated carbocycles. The highest BCUT2D eigenvalue weighted by molar-refractivity contribution is 5.53. The number of phenolic OH excluding ortho intramolecular Hbond substituents is 2. The summed E-state index contributed by atoms with van der Waals surface area (Å²) in [5.74, 6) is 0.304. The first-order chi connectivity index (χ1) is 9.35. The molecule has 0 radical (unpaired) electrons. The topological polar surface area (TPSA) is 40.5 Å². The molecule has 106 valence electrons. The average molecular weight is 270 g/mol. The van der Waals surface area contributed by atoms with E-state index in [0.717, 1.165) is 5.56 Å². The molecule has 2 aromatic rings. The number of phenols is 2. The van der Waals surface area contributed by atoms with Crippen LogP contribution in [-0.2, 0) is 5.41 Å². The average Bonchev–Trinajstić information content (AvgIpc) is 2.41. The largest absolute Gasteiger partial charge is 0.504 e. The monoisotopic (exact) mass is 270 g/mol. The van der Waals surface area contributed by atoms with Crippen molar-refractivity contribution < 1.29 is 10.2 Å². The first-order valence-electron chi connectivity index (χ1n) is 6.96. The summed E-state index contributed by atoms with van der Waals surface area (Å²) < 4.78 is 0. The number of hydrogen-bond acceptors (Lipinski definition) is 2. The van der Waals surface area contributed by atoms with Gasteiger partial charge in [-0.25, -0.2) is 0 Å². The zero-order valence-corrected chi connectivity index (χ0v) is 12.5. The third-order valence-electron chi connectivity index (χ3n) is 3.94. The molecule has 2 rings (SSSR count). The third kappa shape index (κ3) is 2.38. The van der Waals surface area contributed by atoms with E-state index in [4.69, 9.17) is 0 Å². The minimum absolute atomic E-state index is 0.0314. The fraction of sp³-hybridized carbons (Fsp3) is 0.333. The molecule has 0 amide bonds. The first kappa shape index (κ1) is 14.4. The fourth-order valence-corrected chi connectivity index (χ4v) is 2.75. The zero-order valence-electron chi connectivity index (χ0n) is 12.5. The van der Waals surface area contributed by atoms with Crippen molar-refractivity contribution >= 4 is 0 Å². The fourth-order valence-electron chi connectivity index (χ4n) is 2.75.